The predicted octanol–water partition coefficient (Wildman–Crippen LogP) is 2.19. The number of amides is 5. The number of ketones is 2. The fourth-order valence-electron chi connectivity index (χ4n) is 8.55. The number of aryl methyl sites for hydroxylation is 1. The van der Waals surface area contributed by atoms with Gasteiger partial charge in [0.15, 0.2) is 11.6 Å². The Morgan fingerprint density at radius 1 is 0.596 bits per heavy atom. The summed E-state index contributed by atoms with van der Waals surface area (Å²) in [5.74, 6) is -1.82. The first-order valence-corrected chi connectivity index (χ1v) is 32.1. The highest BCUT2D eigenvalue weighted by atomic mass is 32.1. The highest BCUT2D eigenvalue weighted by molar-refractivity contribution is 7.11. The maximum absolute atomic E-state index is 12.5. The Balaban J connectivity index is 0.952. The second kappa shape index (κ2) is 52.6. The van der Waals surface area contributed by atoms with Crippen LogP contribution in [0.25, 0.3) is 0 Å². The molecule has 1 heterocycles. The lowest BCUT2D eigenvalue weighted by molar-refractivity contribution is -0.140. The standard InChI is InChI=1S/C62H102N6O20S/c1-4-5-10-51-14-15-53-56(44-51)89-60(67-53)45-52(69)47-88-48-61(74)68(3)46-59(73)64-18-16-57(71)65-49(2)55(70)13-9-19-76-21-23-78-25-27-80-29-31-82-33-35-84-37-39-86-41-42-87-40-38-85-36-34-83-32-30-81-28-26-79-24-22-77-20-17-58(72)66-54(62(63)75)43-50-11-7-6-8-12-50/h6-8,11-12,49,51,54H,4-5,9-10,13-48H2,1-3H3,(H2,63,75)(H,64,73)(H,65,71)(H,66,72)/t49-,51-,54-/m0/s1. The van der Waals surface area contributed by atoms with Gasteiger partial charge in [-0.1, -0.05) is 56.5 Å². The third-order valence-electron chi connectivity index (χ3n) is 13.5. The molecule has 27 heteroatoms. The van der Waals surface area contributed by atoms with Gasteiger partial charge in [-0.05, 0) is 44.1 Å². The number of carbonyl (C=O) groups excluding carboxylic acids is 7. The van der Waals surface area contributed by atoms with Crippen molar-refractivity contribution in [1.29, 1.82) is 0 Å². The third kappa shape index (κ3) is 41.9. The van der Waals surface area contributed by atoms with Crippen molar-refractivity contribution >= 4 is 52.4 Å². The first-order valence-electron chi connectivity index (χ1n) is 31.3. The molecule has 0 bridgehead atoms. The largest absolute Gasteiger partial charge is 0.379 e. The first kappa shape index (κ1) is 78.3. The molecule has 3 rings (SSSR count). The van der Waals surface area contributed by atoms with Gasteiger partial charge in [0.1, 0.15) is 24.3 Å². The van der Waals surface area contributed by atoms with E-state index in [9.17, 15) is 33.6 Å². The van der Waals surface area contributed by atoms with Crippen molar-refractivity contribution in [3.8, 4) is 0 Å². The Kier molecular flexibility index (Phi) is 46.3. The molecular weight excluding hydrogens is 1180 g/mol. The van der Waals surface area contributed by atoms with Crippen LogP contribution >= 0.6 is 11.3 Å². The highest BCUT2D eigenvalue weighted by Crippen LogP contribution is 2.32. The van der Waals surface area contributed by atoms with E-state index < -0.39 is 35.7 Å². The summed E-state index contributed by atoms with van der Waals surface area (Å²) < 4.78 is 71.5. The lowest BCUT2D eigenvalue weighted by Gasteiger charge is -2.20. The topological polar surface area (TPSA) is 318 Å². The summed E-state index contributed by atoms with van der Waals surface area (Å²) in [6.45, 7) is 12.8. The Morgan fingerprint density at radius 3 is 1.57 bits per heavy atom. The summed E-state index contributed by atoms with van der Waals surface area (Å²) in [7, 11) is 1.45. The molecule has 0 fully saturated rings. The fourth-order valence-corrected chi connectivity index (χ4v) is 9.81. The number of fused-ring (bicyclic) bond motifs is 1. The van der Waals surface area contributed by atoms with Gasteiger partial charge in [0.2, 0.25) is 29.5 Å². The molecule has 89 heavy (non-hydrogen) atoms. The van der Waals surface area contributed by atoms with Crippen LogP contribution in [-0.4, -0.2) is 255 Å². The van der Waals surface area contributed by atoms with E-state index in [2.05, 4.69) is 27.9 Å². The summed E-state index contributed by atoms with van der Waals surface area (Å²) >= 11 is 1.61. The van der Waals surface area contributed by atoms with Crippen LogP contribution < -0.4 is 21.7 Å². The number of nitrogens with zero attached hydrogens (tertiary/aromatic N) is 2. The minimum absolute atomic E-state index is 0.0255. The van der Waals surface area contributed by atoms with Crippen LogP contribution in [0, 0.1) is 5.92 Å². The van der Waals surface area contributed by atoms with Crippen molar-refractivity contribution in [3.05, 3.63) is 51.5 Å². The maximum atomic E-state index is 12.5. The van der Waals surface area contributed by atoms with E-state index in [0.29, 0.717) is 171 Å². The number of rotatable bonds is 60. The van der Waals surface area contributed by atoms with Crippen LogP contribution in [0.15, 0.2) is 30.3 Å². The van der Waals surface area contributed by atoms with Crippen LogP contribution in [0.3, 0.4) is 0 Å². The molecular formula is C62H102N6O20S. The second-order valence-corrected chi connectivity index (χ2v) is 22.1. The zero-order valence-corrected chi connectivity index (χ0v) is 53.8. The second-order valence-electron chi connectivity index (χ2n) is 21.0. The van der Waals surface area contributed by atoms with Gasteiger partial charge < -0.3 is 88.2 Å². The normalized spacial score (nSPS) is 13.6. The van der Waals surface area contributed by atoms with Crippen LogP contribution in [-0.2, 0) is 121 Å². The van der Waals surface area contributed by atoms with Crippen molar-refractivity contribution in [2.24, 2.45) is 11.7 Å². The van der Waals surface area contributed by atoms with Gasteiger partial charge >= 0.3 is 0 Å². The average Bonchev–Trinajstić information content (AvgIpc) is 3.21. The molecule has 0 spiro atoms. The molecule has 5 amide bonds. The molecule has 506 valence electrons. The quantitative estimate of drug-likeness (QED) is 0.0690. The zero-order valence-electron chi connectivity index (χ0n) is 52.9. The number of unbranched alkanes of at least 4 members (excludes halogenated alkanes) is 1. The van der Waals surface area contributed by atoms with Crippen LogP contribution in [0.5, 0.6) is 0 Å². The van der Waals surface area contributed by atoms with Gasteiger partial charge in [0, 0.05) is 50.8 Å². The Morgan fingerprint density at radius 2 is 1.08 bits per heavy atom. The molecule has 1 aromatic carbocycles. The van der Waals surface area contributed by atoms with Gasteiger partial charge in [-0.2, -0.15) is 0 Å². The number of Topliss-reactive ketones (excluding diaryl/α,β-unsaturated/α-hetero) is 2. The summed E-state index contributed by atoms with van der Waals surface area (Å²) in [6.07, 6.45) is 8.06. The van der Waals surface area contributed by atoms with Crippen LogP contribution in [0.4, 0.5) is 0 Å². The number of hydrogen-bond acceptors (Lipinski definition) is 22. The molecule has 1 aliphatic carbocycles. The smallest absolute Gasteiger partial charge is 0.248 e. The Hall–Kier alpha value is -4.98. The molecule has 5 N–H and O–H groups in total. The van der Waals surface area contributed by atoms with Crippen molar-refractivity contribution in [2.75, 3.05) is 192 Å². The molecule has 0 aliphatic heterocycles. The molecule has 0 saturated carbocycles. The van der Waals surface area contributed by atoms with Gasteiger partial charge in [0.05, 0.1) is 177 Å². The lowest BCUT2D eigenvalue weighted by atomic mass is 9.87. The number of nitrogens with two attached hydrogens (primary N) is 1. The zero-order chi connectivity index (χ0) is 64.2. The van der Waals surface area contributed by atoms with Crippen molar-refractivity contribution < 1.29 is 95.1 Å². The molecule has 0 unspecified atom stereocenters. The molecule has 1 aromatic heterocycles. The van der Waals surface area contributed by atoms with Crippen LogP contribution in [0.1, 0.15) is 86.4 Å². The lowest BCUT2D eigenvalue weighted by Crippen LogP contribution is -2.46. The van der Waals surface area contributed by atoms with E-state index in [4.69, 9.17) is 67.3 Å². The van der Waals surface area contributed by atoms with Gasteiger partial charge in [-0.25, -0.2) is 4.98 Å². The molecule has 2 aromatic rings. The van der Waals surface area contributed by atoms with E-state index in [1.54, 1.807) is 18.3 Å². The number of likely N-dealkylation sites (N-methyl/N-ethyl adjacent to an activating group) is 1. The summed E-state index contributed by atoms with van der Waals surface area (Å²) in [4.78, 5) is 93.6. The Labute approximate surface area is 529 Å². The molecule has 3 atom stereocenters. The summed E-state index contributed by atoms with van der Waals surface area (Å²) in [6, 6.07) is 7.87. The van der Waals surface area contributed by atoms with E-state index >= 15 is 0 Å². The average molecular weight is 1280 g/mol. The minimum Gasteiger partial charge on any atom is -0.379 e. The van der Waals surface area contributed by atoms with Crippen LogP contribution in [0.2, 0.25) is 0 Å². The number of hydrogen-bond donors (Lipinski definition) is 4. The van der Waals surface area contributed by atoms with Gasteiger partial charge in [0.25, 0.3) is 0 Å². The van der Waals surface area contributed by atoms with Crippen molar-refractivity contribution in [3.63, 3.8) is 0 Å². The minimum atomic E-state index is -0.779. The fraction of sp³-hybridized carbons (Fsp3) is 0.742. The number of primary amides is 1. The highest BCUT2D eigenvalue weighted by Gasteiger charge is 2.24. The number of aromatic nitrogens is 1. The number of thiazole rings is 1. The van der Waals surface area contributed by atoms with Gasteiger partial charge in [-0.3, -0.25) is 33.6 Å². The SMILES string of the molecule is CCCC[C@H]1CCc2nc(CC(=O)COCC(=O)N(C)CC(=O)NCCC(=O)N[C@@H](C)C(=O)CCCOCCOCCOCCOCCOCCOCCOCCOCCOCCOCCOCCOCCC(=O)N[C@@H](Cc3ccccc3)C(N)=O)sc2C1. The van der Waals surface area contributed by atoms with E-state index in [1.165, 1.54) is 36.1 Å². The number of ether oxygens (including phenoxy) is 13. The van der Waals surface area contributed by atoms with E-state index in [-0.39, 0.29) is 76.1 Å². The number of nitrogens with one attached hydrogen (secondary N) is 3. The van der Waals surface area contributed by atoms with E-state index in [1.807, 2.05) is 30.3 Å². The number of carbonyl (C=O) groups is 7. The number of benzene rings is 1. The summed E-state index contributed by atoms with van der Waals surface area (Å²) in [5.41, 5.74) is 7.47. The maximum Gasteiger partial charge on any atom is 0.248 e. The van der Waals surface area contributed by atoms with E-state index in [0.717, 1.165) is 35.5 Å². The van der Waals surface area contributed by atoms with Gasteiger partial charge in [-0.15, -0.1) is 11.3 Å². The van der Waals surface area contributed by atoms with Crippen molar-refractivity contribution in [1.82, 2.24) is 25.8 Å². The molecule has 0 saturated heterocycles. The monoisotopic (exact) mass is 1280 g/mol. The molecule has 1 aliphatic rings. The predicted molar refractivity (Wildman–Crippen MR) is 330 cm³/mol. The van der Waals surface area contributed by atoms with Crippen molar-refractivity contribution in [2.45, 2.75) is 103 Å². The molecule has 0 radical (unpaired) electrons. The molecule has 26 nitrogen and oxygen atoms in total. The first-order chi connectivity index (χ1) is 43.3. The Bertz CT molecular complexity index is 2220. The summed E-state index contributed by atoms with van der Waals surface area (Å²) in [5, 5.41) is 8.71. The third-order valence-corrected chi connectivity index (χ3v) is 14.6.